The minimum atomic E-state index is -2.33. The fourth-order valence-electron chi connectivity index (χ4n) is 0.842. The zero-order valence-corrected chi connectivity index (χ0v) is 14.0. The van der Waals surface area contributed by atoms with Gasteiger partial charge >= 0.3 is 11.8 Å². The average molecular weight is 332 g/mol. The Kier molecular flexibility index (Phi) is 17.5. The van der Waals surface area contributed by atoms with Crippen molar-refractivity contribution in [2.75, 3.05) is 55.9 Å². The summed E-state index contributed by atoms with van der Waals surface area (Å²) in [4.78, 5) is 8.33. The molecule has 136 valence electrons. The zero-order valence-electron chi connectivity index (χ0n) is 14.0. The SMILES string of the molecule is COCC([NH3+])(OC)OC.COCC([NH3+])(OC)OC.O=C([O-])[O-]. The van der Waals surface area contributed by atoms with Crippen molar-refractivity contribution in [3.05, 3.63) is 0 Å². The van der Waals surface area contributed by atoms with Crippen LogP contribution in [0.4, 0.5) is 4.79 Å². The van der Waals surface area contributed by atoms with Crippen LogP contribution < -0.4 is 21.7 Å². The van der Waals surface area contributed by atoms with Gasteiger partial charge in [-0.2, -0.15) is 0 Å². The molecule has 0 aromatic carbocycles. The van der Waals surface area contributed by atoms with Gasteiger partial charge in [0.25, 0.3) is 0 Å². The van der Waals surface area contributed by atoms with E-state index < -0.39 is 18.0 Å². The number of quaternary nitrogens is 2. The van der Waals surface area contributed by atoms with Crippen LogP contribution in [0.2, 0.25) is 0 Å². The highest BCUT2D eigenvalue weighted by atomic mass is 16.7. The van der Waals surface area contributed by atoms with Crippen LogP contribution in [0.25, 0.3) is 0 Å². The molecular weight excluding hydrogens is 304 g/mol. The van der Waals surface area contributed by atoms with Gasteiger partial charge in [-0.05, 0) is 6.16 Å². The fraction of sp³-hybridized carbons (Fsp3) is 0.909. The van der Waals surface area contributed by atoms with Gasteiger partial charge in [-0.1, -0.05) is 0 Å². The Labute approximate surface area is 130 Å². The maximum Gasteiger partial charge on any atom is 0.338 e. The van der Waals surface area contributed by atoms with Crippen LogP contribution in [0, 0.1) is 0 Å². The molecule has 0 aromatic rings. The van der Waals surface area contributed by atoms with Gasteiger partial charge in [-0.3, -0.25) is 0 Å². The van der Waals surface area contributed by atoms with Crippen LogP contribution in [-0.4, -0.2) is 73.9 Å². The van der Waals surface area contributed by atoms with Crippen molar-refractivity contribution in [2.45, 2.75) is 11.8 Å². The molecule has 0 aliphatic carbocycles. The Hall–Kier alpha value is -1.05. The van der Waals surface area contributed by atoms with Gasteiger partial charge in [0, 0.05) is 42.7 Å². The van der Waals surface area contributed by atoms with E-state index in [2.05, 4.69) is 11.5 Å². The second-order valence-electron chi connectivity index (χ2n) is 3.75. The molecule has 0 aliphatic heterocycles. The molecule has 0 heterocycles. The Morgan fingerprint density at radius 1 is 0.773 bits per heavy atom. The van der Waals surface area contributed by atoms with Gasteiger partial charge in [-0.15, -0.1) is 0 Å². The van der Waals surface area contributed by atoms with E-state index in [-0.39, 0.29) is 0 Å². The summed E-state index contributed by atoms with van der Waals surface area (Å²) in [5, 5.41) is 16.7. The van der Waals surface area contributed by atoms with E-state index in [4.69, 9.17) is 43.4 Å². The Morgan fingerprint density at radius 3 is 1.00 bits per heavy atom. The number of hydrogen-bond acceptors (Lipinski definition) is 9. The molecule has 0 aliphatic rings. The molecule has 0 saturated carbocycles. The van der Waals surface area contributed by atoms with Crippen molar-refractivity contribution in [2.24, 2.45) is 0 Å². The summed E-state index contributed by atoms with van der Waals surface area (Å²) in [6.45, 7) is 0.667. The van der Waals surface area contributed by atoms with E-state index in [9.17, 15) is 0 Å². The molecule has 0 atom stereocenters. The molecule has 11 heteroatoms. The Morgan fingerprint density at radius 2 is 0.955 bits per heavy atom. The average Bonchev–Trinajstić information content (AvgIpc) is 2.47. The van der Waals surface area contributed by atoms with E-state index in [0.717, 1.165) is 0 Å². The molecule has 0 aromatic heterocycles. The number of methoxy groups -OCH3 is 6. The van der Waals surface area contributed by atoms with Crippen molar-refractivity contribution in [1.82, 2.24) is 0 Å². The quantitative estimate of drug-likeness (QED) is 0.413. The molecule has 11 nitrogen and oxygen atoms in total. The van der Waals surface area contributed by atoms with Crippen LogP contribution in [0.1, 0.15) is 0 Å². The van der Waals surface area contributed by atoms with E-state index in [1.54, 1.807) is 14.2 Å². The van der Waals surface area contributed by atoms with Crippen molar-refractivity contribution in [3.8, 4) is 0 Å². The first-order valence-electron chi connectivity index (χ1n) is 5.87. The van der Waals surface area contributed by atoms with Crippen molar-refractivity contribution < 1.29 is 54.9 Å². The lowest BCUT2D eigenvalue weighted by Gasteiger charge is -2.19. The molecule has 6 N–H and O–H groups in total. The topological polar surface area (TPSA) is 174 Å². The lowest BCUT2D eigenvalue weighted by atomic mass is 10.5. The van der Waals surface area contributed by atoms with Crippen LogP contribution in [-0.2, 0) is 28.4 Å². The predicted octanol–water partition coefficient (Wildman–Crippen LogP) is -4.80. The van der Waals surface area contributed by atoms with E-state index in [1.165, 1.54) is 28.4 Å². The van der Waals surface area contributed by atoms with Gasteiger partial charge in [0.1, 0.15) is 0 Å². The lowest BCUT2D eigenvalue weighted by molar-refractivity contribution is -0.631. The van der Waals surface area contributed by atoms with Crippen LogP contribution in [0.3, 0.4) is 0 Å². The zero-order chi connectivity index (χ0) is 18.2. The number of ether oxygens (including phenoxy) is 6. The smallest absolute Gasteiger partial charge is 0.338 e. The summed E-state index contributed by atoms with van der Waals surface area (Å²) in [7, 11) is 9.23. The summed E-state index contributed by atoms with van der Waals surface area (Å²) in [5.41, 5.74) is 7.25. The molecule has 22 heavy (non-hydrogen) atoms. The summed E-state index contributed by atoms with van der Waals surface area (Å²) in [5.74, 6) is -1.68. The number of hydrogen-bond donors (Lipinski definition) is 2. The third-order valence-electron chi connectivity index (χ3n) is 2.22. The van der Waals surface area contributed by atoms with Gasteiger partial charge < -0.3 is 54.9 Å². The third-order valence-corrected chi connectivity index (χ3v) is 2.22. The van der Waals surface area contributed by atoms with Crippen LogP contribution >= 0.6 is 0 Å². The highest BCUT2D eigenvalue weighted by molar-refractivity contribution is 5.47. The number of carbonyl (C=O) groups is 1. The molecule has 0 spiro atoms. The predicted molar refractivity (Wildman–Crippen MR) is 68.4 cm³/mol. The second-order valence-corrected chi connectivity index (χ2v) is 3.75. The normalized spacial score (nSPS) is 10.9. The van der Waals surface area contributed by atoms with Crippen molar-refractivity contribution >= 4 is 6.16 Å². The minimum absolute atomic E-state index is 0.333. The summed E-state index contributed by atoms with van der Waals surface area (Å²) in [6.07, 6.45) is -2.33. The van der Waals surface area contributed by atoms with Gasteiger partial charge in [-0.25, -0.2) is 0 Å². The summed E-state index contributed by atoms with van der Waals surface area (Å²) in [6, 6.07) is 0. The molecule has 0 bridgehead atoms. The van der Waals surface area contributed by atoms with Crippen LogP contribution in [0.15, 0.2) is 0 Å². The highest BCUT2D eigenvalue weighted by Gasteiger charge is 2.28. The first kappa shape index (κ1) is 25.9. The fourth-order valence-corrected chi connectivity index (χ4v) is 0.842. The molecule has 0 saturated heterocycles. The lowest BCUT2D eigenvalue weighted by Crippen LogP contribution is -2.77. The largest absolute Gasteiger partial charge is 0.652 e. The Balaban J connectivity index is -0.000000266. The van der Waals surface area contributed by atoms with Crippen molar-refractivity contribution in [1.29, 1.82) is 0 Å². The van der Waals surface area contributed by atoms with Crippen molar-refractivity contribution in [3.63, 3.8) is 0 Å². The third kappa shape index (κ3) is 17.0. The monoisotopic (exact) mass is 332 g/mol. The maximum absolute atomic E-state index is 8.33. The number of carbonyl (C=O) groups excluding carboxylic acids is 1. The highest BCUT2D eigenvalue weighted by Crippen LogP contribution is 1.98. The molecule has 0 amide bonds. The van der Waals surface area contributed by atoms with E-state index in [1.807, 2.05) is 0 Å². The number of rotatable bonds is 8. The second kappa shape index (κ2) is 14.9. The molecular formula is C11H28N2O9. The van der Waals surface area contributed by atoms with Gasteiger partial charge in [0.15, 0.2) is 13.2 Å². The summed E-state index contributed by atoms with van der Waals surface area (Å²) >= 11 is 0. The Bertz CT molecular complexity index is 234. The molecule has 0 fully saturated rings. The minimum Gasteiger partial charge on any atom is -0.652 e. The van der Waals surface area contributed by atoms with E-state index >= 15 is 0 Å². The summed E-state index contributed by atoms with van der Waals surface area (Å²) < 4.78 is 29.0. The molecule has 0 rings (SSSR count). The first-order chi connectivity index (χ1) is 10.1. The molecule has 0 unspecified atom stereocenters. The van der Waals surface area contributed by atoms with Gasteiger partial charge in [0.2, 0.25) is 0 Å². The van der Waals surface area contributed by atoms with Gasteiger partial charge in [0.05, 0.1) is 0 Å². The van der Waals surface area contributed by atoms with E-state index in [0.29, 0.717) is 13.2 Å². The standard InChI is InChI=1S/2C5H13NO3.CH2O3/c2*1-7-4-5(6,8-2)9-3;2-1(3)4/h2*4,6H2,1-3H3;(H2,2,3,4). The number of carboxylic acid groups (broad SMARTS) is 2. The first-order valence-corrected chi connectivity index (χ1v) is 5.87. The molecule has 0 radical (unpaired) electrons. The van der Waals surface area contributed by atoms with Crippen LogP contribution in [0.5, 0.6) is 0 Å². The maximum atomic E-state index is 8.33.